The second-order valence-electron chi connectivity index (χ2n) is 8.36. The zero-order valence-corrected chi connectivity index (χ0v) is 19.9. The zero-order chi connectivity index (χ0) is 23.5. The lowest BCUT2D eigenvalue weighted by atomic mass is 10.0. The fourth-order valence-electron chi connectivity index (χ4n) is 3.90. The van der Waals surface area contributed by atoms with E-state index in [0.717, 1.165) is 6.42 Å². The third-order valence-corrected chi connectivity index (χ3v) is 6.92. The Bertz CT molecular complexity index is 976. The molecule has 12 heteroatoms. The maximum absolute atomic E-state index is 12.8. The minimum absolute atomic E-state index is 0.0349. The summed E-state index contributed by atoms with van der Waals surface area (Å²) < 4.78 is 37.0. The quantitative estimate of drug-likeness (QED) is 0.328. The van der Waals surface area contributed by atoms with Crippen LogP contribution >= 0.6 is 7.60 Å². The average Bonchev–Trinajstić information content (AvgIpc) is 3.28. The van der Waals surface area contributed by atoms with Gasteiger partial charge in [0.15, 0.2) is 6.10 Å². The summed E-state index contributed by atoms with van der Waals surface area (Å²) in [5.74, 6) is 0.152. The molecule has 1 aromatic rings. The molecule has 7 atom stereocenters. The highest BCUT2D eigenvalue weighted by Crippen LogP contribution is 2.46. The van der Waals surface area contributed by atoms with Crippen LogP contribution in [0.3, 0.4) is 0 Å². The minimum Gasteiger partial charge on any atom is -0.390 e. The van der Waals surface area contributed by atoms with Crippen LogP contribution in [0.4, 0.5) is 0 Å². The van der Waals surface area contributed by atoms with Gasteiger partial charge in [-0.1, -0.05) is 5.16 Å². The van der Waals surface area contributed by atoms with Crippen molar-refractivity contribution < 1.29 is 27.9 Å². The molecule has 3 heterocycles. The van der Waals surface area contributed by atoms with Gasteiger partial charge < -0.3 is 23.4 Å². The molecule has 2 fully saturated rings. The second kappa shape index (κ2) is 10.4. The SMILES string of the molecule is C/C=N/O[C@@H]1C[C@H](n2cc(C)c(=O)[nH]c2=O)O[C@@H]1COP(C)(=O)OC[C@@H]1CC(C)OC1C. The highest BCUT2D eigenvalue weighted by molar-refractivity contribution is 7.52. The van der Waals surface area contributed by atoms with Crippen molar-refractivity contribution in [2.45, 2.75) is 71.2 Å². The summed E-state index contributed by atoms with van der Waals surface area (Å²) in [5, 5.41) is 3.81. The van der Waals surface area contributed by atoms with Crippen LogP contribution in [0.1, 0.15) is 45.4 Å². The number of hydrogen-bond acceptors (Lipinski definition) is 9. The number of aromatic amines is 1. The molecule has 2 aliphatic heterocycles. The number of oxime groups is 1. The topological polar surface area (TPSA) is 130 Å². The van der Waals surface area contributed by atoms with Crippen LogP contribution in [0.15, 0.2) is 20.9 Å². The highest BCUT2D eigenvalue weighted by atomic mass is 31.2. The first kappa shape index (κ1) is 24.9. The molecule has 0 aromatic carbocycles. The number of H-pyrrole nitrogens is 1. The van der Waals surface area contributed by atoms with Crippen molar-refractivity contribution in [1.29, 1.82) is 0 Å². The first-order valence-corrected chi connectivity index (χ1v) is 12.7. The Labute approximate surface area is 186 Å². The van der Waals surface area contributed by atoms with E-state index in [0.29, 0.717) is 12.0 Å². The fourth-order valence-corrected chi connectivity index (χ4v) is 4.86. The van der Waals surface area contributed by atoms with Gasteiger partial charge in [-0.2, -0.15) is 0 Å². The van der Waals surface area contributed by atoms with Gasteiger partial charge in [0.25, 0.3) is 5.56 Å². The predicted molar refractivity (Wildman–Crippen MR) is 117 cm³/mol. The van der Waals surface area contributed by atoms with Crippen LogP contribution < -0.4 is 11.2 Å². The molecule has 3 unspecified atom stereocenters. The monoisotopic (exact) mass is 473 g/mol. The van der Waals surface area contributed by atoms with E-state index in [1.54, 1.807) is 13.8 Å². The van der Waals surface area contributed by atoms with Gasteiger partial charge in [-0.15, -0.1) is 0 Å². The van der Waals surface area contributed by atoms with Crippen molar-refractivity contribution in [1.82, 2.24) is 9.55 Å². The maximum atomic E-state index is 12.8. The van der Waals surface area contributed by atoms with Crippen molar-refractivity contribution in [2.75, 3.05) is 19.9 Å². The van der Waals surface area contributed by atoms with Crippen LogP contribution in [0.25, 0.3) is 0 Å². The Morgan fingerprint density at radius 1 is 1.25 bits per heavy atom. The first-order valence-electron chi connectivity index (χ1n) is 10.7. The number of rotatable bonds is 9. The van der Waals surface area contributed by atoms with E-state index in [1.807, 2.05) is 13.8 Å². The van der Waals surface area contributed by atoms with E-state index >= 15 is 0 Å². The largest absolute Gasteiger partial charge is 0.390 e. The number of nitrogens with one attached hydrogen (secondary N) is 1. The predicted octanol–water partition coefficient (Wildman–Crippen LogP) is 2.19. The lowest BCUT2D eigenvalue weighted by Crippen LogP contribution is -2.33. The summed E-state index contributed by atoms with van der Waals surface area (Å²) in [6.45, 7) is 8.90. The van der Waals surface area contributed by atoms with Gasteiger partial charge in [-0.25, -0.2) is 4.79 Å². The van der Waals surface area contributed by atoms with E-state index in [9.17, 15) is 14.2 Å². The molecule has 180 valence electrons. The Hall–Kier alpha value is -1.78. The van der Waals surface area contributed by atoms with Crippen LogP contribution in [0.5, 0.6) is 0 Å². The van der Waals surface area contributed by atoms with E-state index in [1.165, 1.54) is 23.6 Å². The number of aryl methyl sites for hydroxylation is 1. The van der Waals surface area contributed by atoms with Crippen LogP contribution in [0, 0.1) is 12.8 Å². The van der Waals surface area contributed by atoms with Gasteiger partial charge in [-0.3, -0.25) is 18.9 Å². The average molecular weight is 473 g/mol. The maximum Gasteiger partial charge on any atom is 0.330 e. The van der Waals surface area contributed by atoms with Crippen molar-refractivity contribution in [3.8, 4) is 0 Å². The smallest absolute Gasteiger partial charge is 0.330 e. The van der Waals surface area contributed by atoms with Crippen LogP contribution in [0.2, 0.25) is 0 Å². The van der Waals surface area contributed by atoms with Gasteiger partial charge in [0.05, 0.1) is 25.4 Å². The molecule has 1 aromatic heterocycles. The summed E-state index contributed by atoms with van der Waals surface area (Å²) in [4.78, 5) is 31.6. The summed E-state index contributed by atoms with van der Waals surface area (Å²) in [6, 6.07) is 0. The molecule has 0 amide bonds. The first-order chi connectivity index (χ1) is 15.1. The molecule has 2 saturated heterocycles. The third-order valence-electron chi connectivity index (χ3n) is 5.68. The summed E-state index contributed by atoms with van der Waals surface area (Å²) >= 11 is 0. The molecule has 3 rings (SSSR count). The molecule has 0 aliphatic carbocycles. The van der Waals surface area contributed by atoms with Gasteiger partial charge in [0.2, 0.25) is 0 Å². The van der Waals surface area contributed by atoms with E-state index < -0.39 is 37.3 Å². The minimum atomic E-state index is -3.36. The number of ether oxygens (including phenoxy) is 2. The molecule has 32 heavy (non-hydrogen) atoms. The van der Waals surface area contributed by atoms with Gasteiger partial charge >= 0.3 is 13.3 Å². The lowest BCUT2D eigenvalue weighted by molar-refractivity contribution is -0.0589. The third kappa shape index (κ3) is 6.17. The Morgan fingerprint density at radius 2 is 1.97 bits per heavy atom. The molecule has 0 spiro atoms. The van der Waals surface area contributed by atoms with Crippen molar-refractivity contribution in [2.24, 2.45) is 11.1 Å². The van der Waals surface area contributed by atoms with Gasteiger partial charge in [0.1, 0.15) is 12.3 Å². The molecular formula is C20H32N3O8P. The van der Waals surface area contributed by atoms with Gasteiger partial charge in [0, 0.05) is 37.0 Å². The number of nitrogens with zero attached hydrogens (tertiary/aromatic N) is 2. The van der Waals surface area contributed by atoms with Gasteiger partial charge in [-0.05, 0) is 34.1 Å². The van der Waals surface area contributed by atoms with Crippen LogP contribution in [-0.4, -0.2) is 60.1 Å². The molecule has 1 N–H and O–H groups in total. The normalized spacial score (nSPS) is 32.4. The van der Waals surface area contributed by atoms with E-state index in [4.69, 9.17) is 23.4 Å². The second-order valence-corrected chi connectivity index (χ2v) is 10.4. The van der Waals surface area contributed by atoms with Crippen molar-refractivity contribution in [3.05, 3.63) is 32.6 Å². The zero-order valence-electron chi connectivity index (χ0n) is 19.1. The Balaban J connectivity index is 1.63. The summed E-state index contributed by atoms with van der Waals surface area (Å²) in [5.41, 5.74) is -0.660. The number of hydrogen-bond donors (Lipinski definition) is 1. The van der Waals surface area contributed by atoms with E-state index in [-0.39, 0.29) is 31.3 Å². The Kier molecular flexibility index (Phi) is 8.11. The highest BCUT2D eigenvalue weighted by Gasteiger charge is 2.40. The molecule has 11 nitrogen and oxygen atoms in total. The molecule has 2 aliphatic rings. The molecule has 0 bridgehead atoms. The summed E-state index contributed by atoms with van der Waals surface area (Å²) in [7, 11) is -3.36. The summed E-state index contributed by atoms with van der Waals surface area (Å²) in [6.07, 6.45) is 2.36. The van der Waals surface area contributed by atoms with Crippen LogP contribution in [-0.2, 0) is 27.9 Å². The van der Waals surface area contributed by atoms with Crippen molar-refractivity contribution >= 4 is 13.8 Å². The van der Waals surface area contributed by atoms with E-state index in [2.05, 4.69) is 10.1 Å². The van der Waals surface area contributed by atoms with Crippen molar-refractivity contribution in [3.63, 3.8) is 0 Å². The lowest BCUT2D eigenvalue weighted by Gasteiger charge is -2.22. The number of aromatic nitrogens is 2. The standard InChI is InChI=1S/C20H32N3O8P/c1-6-21-31-16-8-18(23-9-12(2)19(24)22-20(23)25)30-17(16)11-28-32(5,26)27-10-15-7-13(3)29-14(15)4/h6,9,13-18H,7-8,10-11H2,1-5H3,(H,22,24,25)/b21-6+/t13?,14?,15-,16+,17+,18+,32?/m0/s1. The fraction of sp³-hybridized carbons (Fsp3) is 0.750. The molecule has 0 saturated carbocycles. The Morgan fingerprint density at radius 3 is 2.62 bits per heavy atom. The molecule has 0 radical (unpaired) electrons. The molecular weight excluding hydrogens is 441 g/mol.